The van der Waals surface area contributed by atoms with Crippen molar-refractivity contribution in [1.82, 2.24) is 4.90 Å². The van der Waals surface area contributed by atoms with Crippen LogP contribution in [0.1, 0.15) is 38.3 Å². The van der Waals surface area contributed by atoms with Crippen LogP contribution in [-0.4, -0.2) is 35.7 Å². The minimum Gasteiger partial charge on any atom is -0.396 e. The maximum absolute atomic E-state index is 9.04. The van der Waals surface area contributed by atoms with Gasteiger partial charge in [0, 0.05) is 29.7 Å². The van der Waals surface area contributed by atoms with Gasteiger partial charge in [0.1, 0.15) is 0 Å². The smallest absolute Gasteiger partial charge is 0.0499 e. The maximum Gasteiger partial charge on any atom is 0.0499 e. The molecule has 0 spiro atoms. The summed E-state index contributed by atoms with van der Waals surface area (Å²) in [6, 6.07) is 8.66. The van der Waals surface area contributed by atoms with E-state index < -0.39 is 0 Å². The Kier molecular flexibility index (Phi) is 7.61. The van der Waals surface area contributed by atoms with Gasteiger partial charge in [-0.15, -0.1) is 0 Å². The highest BCUT2D eigenvalue weighted by atomic mass is 79.9. The van der Waals surface area contributed by atoms with E-state index in [1.54, 1.807) is 0 Å². The van der Waals surface area contributed by atoms with Crippen LogP contribution in [0, 0.1) is 0 Å². The average molecular weight is 329 g/mol. The summed E-state index contributed by atoms with van der Waals surface area (Å²) < 4.78 is 1.08. The van der Waals surface area contributed by atoms with Crippen LogP contribution in [-0.2, 0) is 0 Å². The number of nitrogens with zero attached hydrogens (tertiary/aromatic N) is 1. The van der Waals surface area contributed by atoms with Crippen LogP contribution in [0.15, 0.2) is 28.7 Å². The molecule has 3 nitrogen and oxygen atoms in total. The van der Waals surface area contributed by atoms with Gasteiger partial charge in [0.25, 0.3) is 0 Å². The zero-order valence-electron chi connectivity index (χ0n) is 11.8. The third-order valence-corrected chi connectivity index (χ3v) is 3.96. The summed E-state index contributed by atoms with van der Waals surface area (Å²) in [6.45, 7) is 6.30. The van der Waals surface area contributed by atoms with Crippen molar-refractivity contribution in [3.05, 3.63) is 34.3 Å². The van der Waals surface area contributed by atoms with Gasteiger partial charge in [-0.05, 0) is 37.1 Å². The topological polar surface area (TPSA) is 49.5 Å². The second kappa shape index (κ2) is 8.69. The number of hydrogen-bond acceptors (Lipinski definition) is 3. The van der Waals surface area contributed by atoms with E-state index in [1.807, 2.05) is 6.07 Å². The van der Waals surface area contributed by atoms with Crippen LogP contribution >= 0.6 is 15.9 Å². The lowest BCUT2D eigenvalue weighted by Gasteiger charge is -2.35. The Balaban J connectivity index is 2.98. The van der Waals surface area contributed by atoms with Gasteiger partial charge in [0.15, 0.2) is 0 Å². The standard InChI is InChI=1S/C15H25BrN2O/c1-3-14(17)15(18(4-2)9-6-10-19)12-7-5-8-13(16)11-12/h5,7-8,11,14-15,19H,3-4,6,9-10,17H2,1-2H3. The molecular weight excluding hydrogens is 304 g/mol. The fraction of sp³-hybridized carbons (Fsp3) is 0.600. The van der Waals surface area contributed by atoms with E-state index in [0.717, 1.165) is 30.4 Å². The maximum atomic E-state index is 9.04. The number of rotatable bonds is 8. The molecule has 1 aromatic rings. The first-order chi connectivity index (χ1) is 9.13. The molecule has 0 fully saturated rings. The largest absolute Gasteiger partial charge is 0.396 e. The van der Waals surface area contributed by atoms with Crippen LogP contribution in [0.3, 0.4) is 0 Å². The van der Waals surface area contributed by atoms with E-state index >= 15 is 0 Å². The zero-order chi connectivity index (χ0) is 14.3. The van der Waals surface area contributed by atoms with E-state index in [2.05, 4.69) is 52.9 Å². The van der Waals surface area contributed by atoms with Gasteiger partial charge in [-0.3, -0.25) is 4.90 Å². The molecule has 0 saturated heterocycles. The van der Waals surface area contributed by atoms with Crippen molar-refractivity contribution < 1.29 is 5.11 Å². The third-order valence-electron chi connectivity index (χ3n) is 3.47. The molecule has 0 bridgehead atoms. The Morgan fingerprint density at radius 2 is 2.11 bits per heavy atom. The molecule has 0 saturated carbocycles. The van der Waals surface area contributed by atoms with E-state index in [1.165, 1.54) is 5.56 Å². The average Bonchev–Trinajstić information content (AvgIpc) is 2.42. The van der Waals surface area contributed by atoms with Crippen molar-refractivity contribution in [2.75, 3.05) is 19.7 Å². The van der Waals surface area contributed by atoms with E-state index in [9.17, 15) is 0 Å². The molecule has 0 aliphatic heterocycles. The van der Waals surface area contributed by atoms with Gasteiger partial charge in [-0.2, -0.15) is 0 Å². The third kappa shape index (κ3) is 4.88. The Labute approximate surface area is 124 Å². The number of benzene rings is 1. The fourth-order valence-electron chi connectivity index (χ4n) is 2.41. The highest BCUT2D eigenvalue weighted by molar-refractivity contribution is 9.10. The SMILES string of the molecule is CCC(N)C(c1cccc(Br)c1)N(CC)CCCO. The summed E-state index contributed by atoms with van der Waals surface area (Å²) in [5.41, 5.74) is 7.57. The first-order valence-electron chi connectivity index (χ1n) is 7.00. The van der Waals surface area contributed by atoms with Crippen molar-refractivity contribution in [1.29, 1.82) is 0 Å². The number of hydrogen-bond donors (Lipinski definition) is 2. The van der Waals surface area contributed by atoms with Crippen LogP contribution in [0.5, 0.6) is 0 Å². The van der Waals surface area contributed by atoms with Crippen LogP contribution in [0.4, 0.5) is 0 Å². The second-order valence-electron chi connectivity index (χ2n) is 4.78. The normalized spacial score (nSPS) is 14.6. The van der Waals surface area contributed by atoms with Crippen molar-refractivity contribution in [2.45, 2.75) is 38.8 Å². The molecule has 1 aromatic carbocycles. The summed E-state index contributed by atoms with van der Waals surface area (Å²) in [5.74, 6) is 0. The molecule has 19 heavy (non-hydrogen) atoms. The number of aliphatic hydroxyl groups excluding tert-OH is 1. The quantitative estimate of drug-likeness (QED) is 0.771. The zero-order valence-corrected chi connectivity index (χ0v) is 13.4. The predicted octanol–water partition coefficient (Wildman–Crippen LogP) is 2.93. The molecule has 2 atom stereocenters. The van der Waals surface area contributed by atoms with E-state index in [-0.39, 0.29) is 18.7 Å². The van der Waals surface area contributed by atoms with Crippen LogP contribution < -0.4 is 5.73 Å². The molecule has 0 aromatic heterocycles. The van der Waals surface area contributed by atoms with Crippen molar-refractivity contribution >= 4 is 15.9 Å². The summed E-state index contributed by atoms with van der Waals surface area (Å²) in [7, 11) is 0. The van der Waals surface area contributed by atoms with Crippen molar-refractivity contribution in [3.63, 3.8) is 0 Å². The number of aliphatic hydroxyl groups is 1. The Morgan fingerprint density at radius 3 is 2.63 bits per heavy atom. The lowest BCUT2D eigenvalue weighted by atomic mass is 9.96. The van der Waals surface area contributed by atoms with Crippen LogP contribution in [0.2, 0.25) is 0 Å². The van der Waals surface area contributed by atoms with Gasteiger partial charge in [0.2, 0.25) is 0 Å². The van der Waals surface area contributed by atoms with Gasteiger partial charge in [-0.1, -0.05) is 41.9 Å². The first kappa shape index (κ1) is 16.6. The minimum absolute atomic E-state index is 0.105. The fourth-order valence-corrected chi connectivity index (χ4v) is 2.83. The molecule has 0 amide bonds. The molecule has 2 unspecified atom stereocenters. The van der Waals surface area contributed by atoms with Crippen LogP contribution in [0.25, 0.3) is 0 Å². The van der Waals surface area contributed by atoms with E-state index in [0.29, 0.717) is 0 Å². The van der Waals surface area contributed by atoms with Gasteiger partial charge in [0.05, 0.1) is 0 Å². The Hall–Kier alpha value is -0.420. The molecule has 108 valence electrons. The highest BCUT2D eigenvalue weighted by Gasteiger charge is 2.24. The lowest BCUT2D eigenvalue weighted by molar-refractivity contribution is 0.159. The number of nitrogens with two attached hydrogens (primary N) is 1. The van der Waals surface area contributed by atoms with Gasteiger partial charge < -0.3 is 10.8 Å². The molecule has 0 heterocycles. The summed E-state index contributed by atoms with van der Waals surface area (Å²) >= 11 is 3.53. The minimum atomic E-state index is 0.105. The second-order valence-corrected chi connectivity index (χ2v) is 5.69. The van der Waals surface area contributed by atoms with Crippen molar-refractivity contribution in [2.24, 2.45) is 5.73 Å². The lowest BCUT2D eigenvalue weighted by Crippen LogP contribution is -2.41. The summed E-state index contributed by atoms with van der Waals surface area (Å²) in [6.07, 6.45) is 1.72. The van der Waals surface area contributed by atoms with Gasteiger partial charge >= 0.3 is 0 Å². The molecule has 0 radical (unpaired) electrons. The molecular formula is C15H25BrN2O. The first-order valence-corrected chi connectivity index (χ1v) is 7.79. The number of likely N-dealkylation sites (N-methyl/N-ethyl adjacent to an activating group) is 1. The molecule has 4 heteroatoms. The van der Waals surface area contributed by atoms with E-state index in [4.69, 9.17) is 10.8 Å². The summed E-state index contributed by atoms with van der Waals surface area (Å²) in [5, 5.41) is 9.04. The predicted molar refractivity (Wildman–Crippen MR) is 84.1 cm³/mol. The van der Waals surface area contributed by atoms with Crippen molar-refractivity contribution in [3.8, 4) is 0 Å². The molecule has 3 N–H and O–H groups in total. The van der Waals surface area contributed by atoms with Gasteiger partial charge in [-0.25, -0.2) is 0 Å². The monoisotopic (exact) mass is 328 g/mol. The number of halogens is 1. The summed E-state index contributed by atoms with van der Waals surface area (Å²) in [4.78, 5) is 2.35. The Bertz CT molecular complexity index is 373. The molecule has 1 rings (SSSR count). The Morgan fingerprint density at radius 1 is 1.37 bits per heavy atom. The molecule has 0 aliphatic carbocycles. The highest BCUT2D eigenvalue weighted by Crippen LogP contribution is 2.27. The molecule has 0 aliphatic rings.